The molecule has 0 aromatic heterocycles. The summed E-state index contributed by atoms with van der Waals surface area (Å²) in [6, 6.07) is 0. The number of hydrogen-bond donors (Lipinski definition) is 0. The fourth-order valence-corrected chi connectivity index (χ4v) is 2.16. The van der Waals surface area contributed by atoms with Gasteiger partial charge in [-0.2, -0.15) is 0 Å². The Kier molecular flexibility index (Phi) is 4.42. The summed E-state index contributed by atoms with van der Waals surface area (Å²) >= 11 is 5.83. The maximum absolute atomic E-state index is 11.9. The molecule has 17 heavy (non-hydrogen) atoms. The van der Waals surface area contributed by atoms with E-state index >= 15 is 0 Å². The van der Waals surface area contributed by atoms with Crippen LogP contribution >= 0.6 is 11.6 Å². The molecule has 1 aliphatic rings. The molecule has 0 aromatic carbocycles. The van der Waals surface area contributed by atoms with Gasteiger partial charge in [-0.05, 0) is 33.6 Å². The number of alkyl halides is 1. The van der Waals surface area contributed by atoms with Crippen molar-refractivity contribution in [2.45, 2.75) is 39.2 Å². The zero-order valence-corrected chi connectivity index (χ0v) is 11.4. The number of carbonyl (C=O) groups excluding carboxylic acids is 2. The third-order valence-electron chi connectivity index (χ3n) is 2.78. The lowest BCUT2D eigenvalue weighted by atomic mass is 9.83. The number of carbonyl (C=O) groups is 2. The van der Waals surface area contributed by atoms with Gasteiger partial charge in [-0.25, -0.2) is 4.79 Å². The van der Waals surface area contributed by atoms with E-state index < -0.39 is 11.0 Å². The first-order valence-corrected chi connectivity index (χ1v) is 6.36. The molecule has 1 unspecified atom stereocenters. The first-order valence-electron chi connectivity index (χ1n) is 5.82. The standard InChI is InChI=1S/C12H20ClNO3/c1-11(2,3)17-10(16)14-6-4-5-12(7-13,8-14)9-15/h9H,4-8H2,1-3H3. The third kappa shape index (κ3) is 3.87. The molecule has 1 atom stereocenters. The number of ether oxygens (including phenoxy) is 1. The van der Waals surface area contributed by atoms with Crippen molar-refractivity contribution in [3.05, 3.63) is 0 Å². The molecule has 98 valence electrons. The average Bonchev–Trinajstić information content (AvgIpc) is 2.27. The summed E-state index contributed by atoms with van der Waals surface area (Å²) in [6.45, 7) is 6.45. The fourth-order valence-electron chi connectivity index (χ4n) is 1.88. The van der Waals surface area contributed by atoms with E-state index in [9.17, 15) is 9.59 Å². The number of amides is 1. The first kappa shape index (κ1) is 14.3. The maximum Gasteiger partial charge on any atom is 0.410 e. The molecule has 1 fully saturated rings. The van der Waals surface area contributed by atoms with Gasteiger partial charge in [0.1, 0.15) is 11.9 Å². The lowest BCUT2D eigenvalue weighted by Crippen LogP contribution is -2.49. The number of rotatable bonds is 2. The van der Waals surface area contributed by atoms with E-state index in [1.54, 1.807) is 4.90 Å². The summed E-state index contributed by atoms with van der Waals surface area (Å²) in [6.07, 6.45) is 2.02. The molecule has 0 aromatic rings. The highest BCUT2D eigenvalue weighted by Crippen LogP contribution is 2.30. The molecule has 0 bridgehead atoms. The van der Waals surface area contributed by atoms with Crippen LogP contribution in [0.2, 0.25) is 0 Å². The lowest BCUT2D eigenvalue weighted by molar-refractivity contribution is -0.117. The van der Waals surface area contributed by atoms with Gasteiger partial charge in [-0.3, -0.25) is 0 Å². The van der Waals surface area contributed by atoms with Crippen molar-refractivity contribution in [3.8, 4) is 0 Å². The molecule has 5 heteroatoms. The zero-order chi connectivity index (χ0) is 13.1. The molecular weight excluding hydrogens is 242 g/mol. The molecular formula is C12H20ClNO3. The molecule has 1 saturated heterocycles. The summed E-state index contributed by atoms with van der Waals surface area (Å²) in [5.74, 6) is 0.246. The zero-order valence-electron chi connectivity index (χ0n) is 10.7. The highest BCUT2D eigenvalue weighted by molar-refractivity contribution is 6.19. The summed E-state index contributed by atoms with van der Waals surface area (Å²) in [5.41, 5.74) is -1.12. The normalized spacial score (nSPS) is 25.5. The molecule has 4 nitrogen and oxygen atoms in total. The van der Waals surface area contributed by atoms with Crippen molar-refractivity contribution in [1.29, 1.82) is 0 Å². The number of hydrogen-bond acceptors (Lipinski definition) is 3. The van der Waals surface area contributed by atoms with E-state index in [0.29, 0.717) is 13.1 Å². The highest BCUT2D eigenvalue weighted by atomic mass is 35.5. The third-order valence-corrected chi connectivity index (χ3v) is 3.31. The Hall–Kier alpha value is -0.770. The van der Waals surface area contributed by atoms with Crippen LogP contribution in [0.1, 0.15) is 33.6 Å². The minimum atomic E-state index is -0.600. The molecule has 0 radical (unpaired) electrons. The van der Waals surface area contributed by atoms with Crippen LogP contribution in [0.25, 0.3) is 0 Å². The Morgan fingerprint density at radius 1 is 1.53 bits per heavy atom. The van der Waals surface area contributed by atoms with Gasteiger partial charge < -0.3 is 14.4 Å². The molecule has 0 saturated carbocycles. The van der Waals surface area contributed by atoms with Crippen LogP contribution in [0, 0.1) is 5.41 Å². The van der Waals surface area contributed by atoms with Crippen molar-refractivity contribution in [3.63, 3.8) is 0 Å². The predicted molar refractivity (Wildman–Crippen MR) is 66.3 cm³/mol. The quantitative estimate of drug-likeness (QED) is 0.567. The van der Waals surface area contributed by atoms with Gasteiger partial charge in [0.25, 0.3) is 0 Å². The SMILES string of the molecule is CC(C)(C)OC(=O)N1CCCC(C=O)(CCl)C1. The Labute approximate surface area is 107 Å². The minimum absolute atomic E-state index is 0.246. The Bertz CT molecular complexity index is 301. The summed E-state index contributed by atoms with van der Waals surface area (Å²) in [7, 11) is 0. The van der Waals surface area contributed by atoms with Crippen LogP contribution in [0.4, 0.5) is 4.79 Å². The predicted octanol–water partition coefficient (Wildman–Crippen LogP) is 2.44. The topological polar surface area (TPSA) is 46.6 Å². The van der Waals surface area contributed by atoms with Gasteiger partial charge in [-0.1, -0.05) is 0 Å². The lowest BCUT2D eigenvalue weighted by Gasteiger charge is -2.38. The summed E-state index contributed by atoms with van der Waals surface area (Å²) in [4.78, 5) is 24.6. The molecule has 1 amide bonds. The van der Waals surface area contributed by atoms with Gasteiger partial charge >= 0.3 is 6.09 Å². The molecule has 1 heterocycles. The van der Waals surface area contributed by atoms with Crippen LogP contribution < -0.4 is 0 Å². The van der Waals surface area contributed by atoms with E-state index in [1.807, 2.05) is 20.8 Å². The van der Waals surface area contributed by atoms with Crippen molar-refractivity contribution < 1.29 is 14.3 Å². The van der Waals surface area contributed by atoms with Gasteiger partial charge in [0.15, 0.2) is 0 Å². The molecule has 0 aliphatic carbocycles. The largest absolute Gasteiger partial charge is 0.444 e. The summed E-state index contributed by atoms with van der Waals surface area (Å²) in [5, 5.41) is 0. The summed E-state index contributed by atoms with van der Waals surface area (Å²) < 4.78 is 5.29. The van der Waals surface area contributed by atoms with Crippen LogP contribution in [-0.4, -0.2) is 41.8 Å². The number of halogens is 1. The van der Waals surface area contributed by atoms with Crippen LogP contribution in [0.5, 0.6) is 0 Å². The number of piperidine rings is 1. The second-order valence-electron chi connectivity index (χ2n) is 5.62. The van der Waals surface area contributed by atoms with Crippen LogP contribution in [0.3, 0.4) is 0 Å². The van der Waals surface area contributed by atoms with Crippen molar-refractivity contribution >= 4 is 24.0 Å². The van der Waals surface area contributed by atoms with E-state index in [4.69, 9.17) is 16.3 Å². The van der Waals surface area contributed by atoms with E-state index in [2.05, 4.69) is 0 Å². The molecule has 0 N–H and O–H groups in total. The Balaban J connectivity index is 2.66. The highest BCUT2D eigenvalue weighted by Gasteiger charge is 2.37. The van der Waals surface area contributed by atoms with E-state index in [-0.39, 0.29) is 12.0 Å². The van der Waals surface area contributed by atoms with E-state index in [0.717, 1.165) is 19.1 Å². The van der Waals surface area contributed by atoms with Gasteiger partial charge in [0.2, 0.25) is 0 Å². The van der Waals surface area contributed by atoms with Crippen LogP contribution in [0.15, 0.2) is 0 Å². The minimum Gasteiger partial charge on any atom is -0.444 e. The maximum atomic E-state index is 11.9. The van der Waals surface area contributed by atoms with Crippen molar-refractivity contribution in [1.82, 2.24) is 4.90 Å². The molecule has 1 aliphatic heterocycles. The number of nitrogens with zero attached hydrogens (tertiary/aromatic N) is 1. The molecule has 1 rings (SSSR count). The second-order valence-corrected chi connectivity index (χ2v) is 5.89. The van der Waals surface area contributed by atoms with Gasteiger partial charge in [0, 0.05) is 19.0 Å². The number of likely N-dealkylation sites (tertiary alicyclic amines) is 1. The van der Waals surface area contributed by atoms with Crippen LogP contribution in [-0.2, 0) is 9.53 Å². The number of aldehydes is 1. The average molecular weight is 262 g/mol. The van der Waals surface area contributed by atoms with Gasteiger partial charge in [-0.15, -0.1) is 11.6 Å². The van der Waals surface area contributed by atoms with E-state index in [1.165, 1.54) is 0 Å². The first-order chi connectivity index (χ1) is 7.82. The fraction of sp³-hybridized carbons (Fsp3) is 0.833. The molecule has 0 spiro atoms. The van der Waals surface area contributed by atoms with Crippen molar-refractivity contribution in [2.24, 2.45) is 5.41 Å². The Morgan fingerprint density at radius 2 is 2.18 bits per heavy atom. The Morgan fingerprint density at radius 3 is 2.65 bits per heavy atom. The monoisotopic (exact) mass is 261 g/mol. The second kappa shape index (κ2) is 5.25. The smallest absolute Gasteiger partial charge is 0.410 e. The van der Waals surface area contributed by atoms with Crippen molar-refractivity contribution in [2.75, 3.05) is 19.0 Å². The van der Waals surface area contributed by atoms with Gasteiger partial charge in [0.05, 0.1) is 5.41 Å².